The average molecular weight is 233 g/mol. The van der Waals surface area contributed by atoms with Crippen LogP contribution < -0.4 is 4.74 Å². The van der Waals surface area contributed by atoms with Gasteiger partial charge in [0, 0.05) is 18.7 Å². The van der Waals surface area contributed by atoms with Crippen LogP contribution in [0.5, 0.6) is 5.75 Å². The first kappa shape index (κ1) is 12.4. The molecular weight excluding hydrogens is 210 g/mol. The Balaban J connectivity index is 1.98. The lowest BCUT2D eigenvalue weighted by molar-refractivity contribution is 0.291. The van der Waals surface area contributed by atoms with Crippen molar-refractivity contribution >= 4 is 0 Å². The molecule has 0 amide bonds. The Labute approximate surface area is 105 Å². The summed E-state index contributed by atoms with van der Waals surface area (Å²) in [5, 5.41) is 0. The second-order valence-corrected chi connectivity index (χ2v) is 5.34. The van der Waals surface area contributed by atoms with Crippen molar-refractivity contribution in [3.63, 3.8) is 0 Å². The van der Waals surface area contributed by atoms with Gasteiger partial charge in [0.15, 0.2) is 0 Å². The van der Waals surface area contributed by atoms with Gasteiger partial charge in [-0.1, -0.05) is 32.0 Å². The highest BCUT2D eigenvalue weighted by Crippen LogP contribution is 2.27. The van der Waals surface area contributed by atoms with Gasteiger partial charge in [-0.3, -0.25) is 4.90 Å². The van der Waals surface area contributed by atoms with E-state index in [1.165, 1.54) is 25.1 Å². The minimum absolute atomic E-state index is 0.803. The van der Waals surface area contributed by atoms with Crippen molar-refractivity contribution in [3.05, 3.63) is 29.8 Å². The second kappa shape index (κ2) is 5.54. The molecule has 1 aliphatic rings. The second-order valence-electron chi connectivity index (χ2n) is 5.34. The minimum atomic E-state index is 0.803. The topological polar surface area (TPSA) is 12.5 Å². The SMILES string of the molecule is COc1ccccc1CN1CCC(C(C)C)C1. The van der Waals surface area contributed by atoms with Crippen molar-refractivity contribution in [1.82, 2.24) is 4.90 Å². The van der Waals surface area contributed by atoms with Crippen molar-refractivity contribution in [2.24, 2.45) is 11.8 Å². The summed E-state index contributed by atoms with van der Waals surface area (Å²) in [6.45, 7) is 8.14. The predicted octanol–water partition coefficient (Wildman–Crippen LogP) is 3.17. The fraction of sp³-hybridized carbons (Fsp3) is 0.600. The van der Waals surface area contributed by atoms with E-state index in [0.717, 1.165) is 24.1 Å². The standard InChI is InChI=1S/C15H23NO/c1-12(2)13-8-9-16(10-13)11-14-6-4-5-7-15(14)17-3/h4-7,12-13H,8-11H2,1-3H3. The number of hydrogen-bond donors (Lipinski definition) is 0. The normalized spacial score (nSPS) is 21.1. The molecule has 0 bridgehead atoms. The summed E-state index contributed by atoms with van der Waals surface area (Å²) in [5.74, 6) is 2.68. The molecule has 0 radical (unpaired) electrons. The van der Waals surface area contributed by atoms with Crippen LogP contribution in [0.4, 0.5) is 0 Å². The van der Waals surface area contributed by atoms with Gasteiger partial charge < -0.3 is 4.74 Å². The first-order valence-corrected chi connectivity index (χ1v) is 6.55. The Bertz CT molecular complexity index is 362. The van der Waals surface area contributed by atoms with Crippen LogP contribution in [0, 0.1) is 11.8 Å². The predicted molar refractivity (Wildman–Crippen MR) is 71.2 cm³/mol. The Morgan fingerprint density at radius 1 is 1.35 bits per heavy atom. The van der Waals surface area contributed by atoms with Gasteiger partial charge in [-0.2, -0.15) is 0 Å². The Morgan fingerprint density at radius 3 is 2.76 bits per heavy atom. The maximum atomic E-state index is 5.40. The average Bonchev–Trinajstić information content (AvgIpc) is 2.78. The number of methoxy groups -OCH3 is 1. The van der Waals surface area contributed by atoms with Crippen molar-refractivity contribution in [2.75, 3.05) is 20.2 Å². The highest BCUT2D eigenvalue weighted by molar-refractivity contribution is 5.33. The lowest BCUT2D eigenvalue weighted by atomic mass is 9.95. The van der Waals surface area contributed by atoms with Crippen LogP contribution in [0.15, 0.2) is 24.3 Å². The molecule has 1 saturated heterocycles. The zero-order chi connectivity index (χ0) is 12.3. The van der Waals surface area contributed by atoms with Gasteiger partial charge in [-0.25, -0.2) is 0 Å². The quantitative estimate of drug-likeness (QED) is 0.792. The van der Waals surface area contributed by atoms with E-state index in [9.17, 15) is 0 Å². The zero-order valence-corrected chi connectivity index (χ0v) is 11.1. The molecule has 1 unspecified atom stereocenters. The first-order chi connectivity index (χ1) is 8.20. The molecule has 1 aromatic carbocycles. The molecule has 1 heterocycles. The summed E-state index contributed by atoms with van der Waals surface area (Å²) in [6, 6.07) is 8.34. The van der Waals surface area contributed by atoms with Gasteiger partial charge in [0.05, 0.1) is 7.11 Å². The summed E-state index contributed by atoms with van der Waals surface area (Å²) in [4.78, 5) is 2.54. The number of nitrogens with zero attached hydrogens (tertiary/aromatic N) is 1. The van der Waals surface area contributed by atoms with E-state index in [0.29, 0.717) is 0 Å². The number of ether oxygens (including phenoxy) is 1. The van der Waals surface area contributed by atoms with Crippen molar-refractivity contribution < 1.29 is 4.74 Å². The molecular formula is C15H23NO. The highest BCUT2D eigenvalue weighted by Gasteiger charge is 2.25. The Kier molecular flexibility index (Phi) is 4.06. The van der Waals surface area contributed by atoms with E-state index in [4.69, 9.17) is 4.74 Å². The van der Waals surface area contributed by atoms with Crippen molar-refractivity contribution in [1.29, 1.82) is 0 Å². The molecule has 17 heavy (non-hydrogen) atoms. The monoisotopic (exact) mass is 233 g/mol. The largest absolute Gasteiger partial charge is 0.496 e. The molecule has 1 aromatic rings. The van der Waals surface area contributed by atoms with Crippen LogP contribution in [0.2, 0.25) is 0 Å². The van der Waals surface area contributed by atoms with E-state index in [1.807, 2.05) is 12.1 Å². The zero-order valence-electron chi connectivity index (χ0n) is 11.1. The fourth-order valence-corrected chi connectivity index (χ4v) is 2.62. The summed E-state index contributed by atoms with van der Waals surface area (Å²) >= 11 is 0. The molecule has 0 spiro atoms. The third-order valence-corrected chi connectivity index (χ3v) is 3.84. The smallest absolute Gasteiger partial charge is 0.123 e. The number of hydrogen-bond acceptors (Lipinski definition) is 2. The molecule has 1 aliphatic heterocycles. The number of rotatable bonds is 4. The lowest BCUT2D eigenvalue weighted by Gasteiger charge is -2.19. The molecule has 1 fully saturated rings. The maximum Gasteiger partial charge on any atom is 0.123 e. The Morgan fingerprint density at radius 2 is 2.12 bits per heavy atom. The van der Waals surface area contributed by atoms with E-state index < -0.39 is 0 Å². The molecule has 2 rings (SSSR count). The summed E-state index contributed by atoms with van der Waals surface area (Å²) in [5.41, 5.74) is 1.31. The molecule has 0 aromatic heterocycles. The van der Waals surface area contributed by atoms with Crippen LogP contribution in [0.3, 0.4) is 0 Å². The Hall–Kier alpha value is -1.02. The fourth-order valence-electron chi connectivity index (χ4n) is 2.62. The molecule has 0 N–H and O–H groups in total. The van der Waals surface area contributed by atoms with E-state index >= 15 is 0 Å². The summed E-state index contributed by atoms with van der Waals surface area (Å²) < 4.78 is 5.40. The third kappa shape index (κ3) is 3.01. The molecule has 2 heteroatoms. The van der Waals surface area contributed by atoms with Crippen LogP contribution in [0.25, 0.3) is 0 Å². The van der Waals surface area contributed by atoms with Gasteiger partial charge in [-0.05, 0) is 30.9 Å². The van der Waals surface area contributed by atoms with Gasteiger partial charge in [-0.15, -0.1) is 0 Å². The van der Waals surface area contributed by atoms with Crippen molar-refractivity contribution in [2.45, 2.75) is 26.8 Å². The maximum absolute atomic E-state index is 5.40. The van der Waals surface area contributed by atoms with E-state index in [-0.39, 0.29) is 0 Å². The minimum Gasteiger partial charge on any atom is -0.496 e. The number of likely N-dealkylation sites (tertiary alicyclic amines) is 1. The molecule has 0 saturated carbocycles. The molecule has 2 nitrogen and oxygen atoms in total. The van der Waals surface area contributed by atoms with Gasteiger partial charge in [0.2, 0.25) is 0 Å². The molecule has 1 atom stereocenters. The first-order valence-electron chi connectivity index (χ1n) is 6.55. The van der Waals surface area contributed by atoms with E-state index in [1.54, 1.807) is 7.11 Å². The van der Waals surface area contributed by atoms with Crippen LogP contribution >= 0.6 is 0 Å². The third-order valence-electron chi connectivity index (χ3n) is 3.84. The van der Waals surface area contributed by atoms with Crippen molar-refractivity contribution in [3.8, 4) is 5.75 Å². The highest BCUT2D eigenvalue weighted by atomic mass is 16.5. The van der Waals surface area contributed by atoms with Gasteiger partial charge >= 0.3 is 0 Å². The van der Waals surface area contributed by atoms with E-state index in [2.05, 4.69) is 30.9 Å². The van der Waals surface area contributed by atoms with Gasteiger partial charge in [0.1, 0.15) is 5.75 Å². The molecule has 0 aliphatic carbocycles. The summed E-state index contributed by atoms with van der Waals surface area (Å²) in [7, 11) is 1.75. The number of para-hydroxylation sites is 1. The molecule has 94 valence electrons. The van der Waals surface area contributed by atoms with Gasteiger partial charge in [0.25, 0.3) is 0 Å². The summed E-state index contributed by atoms with van der Waals surface area (Å²) in [6.07, 6.45) is 1.34. The van der Waals surface area contributed by atoms with Crippen LogP contribution in [-0.2, 0) is 6.54 Å². The van der Waals surface area contributed by atoms with Crippen LogP contribution in [-0.4, -0.2) is 25.1 Å². The van der Waals surface area contributed by atoms with Crippen LogP contribution in [0.1, 0.15) is 25.8 Å². The number of benzene rings is 1. The lowest BCUT2D eigenvalue weighted by Crippen LogP contribution is -2.21.